The van der Waals surface area contributed by atoms with E-state index in [9.17, 15) is 4.79 Å². The highest BCUT2D eigenvalue weighted by molar-refractivity contribution is 5.66. The number of aliphatic carboxylic acids is 1. The average Bonchev–Trinajstić information content (AvgIpc) is 2.15. The van der Waals surface area contributed by atoms with Crippen molar-refractivity contribution >= 4 is 5.97 Å². The molecule has 3 heteroatoms. The van der Waals surface area contributed by atoms with Gasteiger partial charge in [-0.2, -0.15) is 0 Å². The molecule has 3 nitrogen and oxygen atoms in total. The van der Waals surface area contributed by atoms with Crippen molar-refractivity contribution in [3.05, 3.63) is 35.9 Å². The third kappa shape index (κ3) is 3.25. The van der Waals surface area contributed by atoms with Gasteiger partial charge >= 0.3 is 5.97 Å². The number of hydrogen-bond donors (Lipinski definition) is 2. The largest absolute Gasteiger partial charge is 0.481 e. The fourth-order valence-electron chi connectivity index (χ4n) is 1.19. The summed E-state index contributed by atoms with van der Waals surface area (Å²) in [6.07, 6.45) is 0.780. The minimum atomic E-state index is -0.760. The zero-order chi connectivity index (χ0) is 9.68. The number of quaternary nitrogens is 1. The van der Waals surface area contributed by atoms with Gasteiger partial charge in [-0.1, -0.05) is 30.3 Å². The highest BCUT2D eigenvalue weighted by Crippen LogP contribution is 2.12. The molecule has 0 fully saturated rings. The molecular weight excluding hydrogens is 166 g/mol. The van der Waals surface area contributed by atoms with Crippen molar-refractivity contribution in [2.45, 2.75) is 18.9 Å². The fraction of sp³-hybridized carbons (Fsp3) is 0.300. The van der Waals surface area contributed by atoms with Crippen LogP contribution in [0.3, 0.4) is 0 Å². The number of carboxylic acids is 1. The summed E-state index contributed by atoms with van der Waals surface area (Å²) in [6.45, 7) is 0. The van der Waals surface area contributed by atoms with Crippen LogP contribution >= 0.6 is 0 Å². The van der Waals surface area contributed by atoms with E-state index in [0.717, 1.165) is 5.56 Å². The molecule has 4 N–H and O–H groups in total. The summed E-state index contributed by atoms with van der Waals surface area (Å²) in [6, 6.07) is 9.84. The van der Waals surface area contributed by atoms with Gasteiger partial charge < -0.3 is 10.8 Å². The predicted molar refractivity (Wildman–Crippen MR) is 48.9 cm³/mol. The second-order valence-corrected chi connectivity index (χ2v) is 3.04. The topological polar surface area (TPSA) is 64.9 Å². The first-order valence-electron chi connectivity index (χ1n) is 4.30. The summed E-state index contributed by atoms with van der Waals surface area (Å²) in [4.78, 5) is 10.3. The van der Waals surface area contributed by atoms with Gasteiger partial charge in [-0.3, -0.25) is 4.79 Å². The molecule has 1 rings (SSSR count). The Kier molecular flexibility index (Phi) is 3.46. The summed E-state index contributed by atoms with van der Waals surface area (Å²) >= 11 is 0. The Labute approximate surface area is 77.2 Å². The first-order chi connectivity index (χ1) is 6.20. The van der Waals surface area contributed by atoms with Gasteiger partial charge in [0.1, 0.15) is 6.04 Å². The Hall–Kier alpha value is -1.35. The lowest BCUT2D eigenvalue weighted by molar-refractivity contribution is -0.427. The van der Waals surface area contributed by atoms with Gasteiger partial charge in [-0.25, -0.2) is 0 Å². The van der Waals surface area contributed by atoms with E-state index in [4.69, 9.17) is 5.11 Å². The van der Waals surface area contributed by atoms with E-state index in [0.29, 0.717) is 6.42 Å². The van der Waals surface area contributed by atoms with Crippen LogP contribution in [0.2, 0.25) is 0 Å². The zero-order valence-electron chi connectivity index (χ0n) is 7.44. The maximum atomic E-state index is 10.3. The van der Waals surface area contributed by atoms with Crippen molar-refractivity contribution in [2.24, 2.45) is 0 Å². The van der Waals surface area contributed by atoms with Gasteiger partial charge in [-0.05, 0) is 0 Å². The summed E-state index contributed by atoms with van der Waals surface area (Å²) in [5, 5.41) is 8.48. The molecule has 0 radical (unpaired) electrons. The van der Waals surface area contributed by atoms with Gasteiger partial charge in [0.05, 0.1) is 6.42 Å². The van der Waals surface area contributed by atoms with Gasteiger partial charge in [0.25, 0.3) is 0 Å². The van der Waals surface area contributed by atoms with Crippen LogP contribution < -0.4 is 5.73 Å². The van der Waals surface area contributed by atoms with E-state index in [2.05, 4.69) is 5.73 Å². The number of carboxylic acid groups (broad SMARTS) is 1. The van der Waals surface area contributed by atoms with Crippen molar-refractivity contribution in [1.82, 2.24) is 0 Å². The molecule has 70 valence electrons. The standard InChI is InChI=1S/C10H13NO2/c11-9(6-7-10(12)13)8-4-2-1-3-5-8/h1-5,9H,6-7,11H2,(H,12,13)/p+1/t9-/m1/s1. The van der Waals surface area contributed by atoms with Gasteiger partial charge in [0.2, 0.25) is 0 Å². The maximum absolute atomic E-state index is 10.3. The molecule has 0 bridgehead atoms. The van der Waals surface area contributed by atoms with Crippen LogP contribution in [0, 0.1) is 0 Å². The Morgan fingerprint density at radius 2 is 2.00 bits per heavy atom. The van der Waals surface area contributed by atoms with E-state index < -0.39 is 5.97 Å². The SMILES string of the molecule is [NH3+][C@H](CCC(=O)O)c1ccccc1. The molecule has 0 aliphatic rings. The molecule has 1 atom stereocenters. The minimum Gasteiger partial charge on any atom is -0.481 e. The lowest BCUT2D eigenvalue weighted by Gasteiger charge is -2.06. The Morgan fingerprint density at radius 3 is 2.54 bits per heavy atom. The average molecular weight is 180 g/mol. The number of benzene rings is 1. The van der Waals surface area contributed by atoms with Crippen LogP contribution in [-0.2, 0) is 4.79 Å². The van der Waals surface area contributed by atoms with Gasteiger partial charge in [0, 0.05) is 12.0 Å². The highest BCUT2D eigenvalue weighted by atomic mass is 16.4. The molecule has 0 spiro atoms. The number of rotatable bonds is 4. The monoisotopic (exact) mass is 180 g/mol. The summed E-state index contributed by atoms with van der Waals surface area (Å²) in [7, 11) is 0. The quantitative estimate of drug-likeness (QED) is 0.721. The summed E-state index contributed by atoms with van der Waals surface area (Å²) < 4.78 is 0. The molecule has 0 aromatic heterocycles. The van der Waals surface area contributed by atoms with Crippen LogP contribution in [-0.4, -0.2) is 11.1 Å². The molecule has 0 aliphatic heterocycles. The van der Waals surface area contributed by atoms with Crippen LogP contribution in [0.1, 0.15) is 24.4 Å². The second kappa shape index (κ2) is 4.62. The van der Waals surface area contributed by atoms with E-state index in [1.807, 2.05) is 30.3 Å². The number of carbonyl (C=O) groups is 1. The molecular formula is C10H14NO2+. The lowest BCUT2D eigenvalue weighted by atomic mass is 10.0. The zero-order valence-corrected chi connectivity index (χ0v) is 7.44. The highest BCUT2D eigenvalue weighted by Gasteiger charge is 2.10. The predicted octanol–water partition coefficient (Wildman–Crippen LogP) is 0.834. The van der Waals surface area contributed by atoms with Crippen molar-refractivity contribution < 1.29 is 15.6 Å². The van der Waals surface area contributed by atoms with Crippen molar-refractivity contribution in [1.29, 1.82) is 0 Å². The normalized spacial score (nSPS) is 12.4. The fourth-order valence-corrected chi connectivity index (χ4v) is 1.19. The lowest BCUT2D eigenvalue weighted by Crippen LogP contribution is -2.53. The van der Waals surface area contributed by atoms with E-state index in [1.54, 1.807) is 0 Å². The maximum Gasteiger partial charge on any atom is 0.303 e. The summed E-state index contributed by atoms with van der Waals surface area (Å²) in [5.74, 6) is -0.760. The molecule has 0 saturated carbocycles. The number of hydrogen-bond acceptors (Lipinski definition) is 1. The molecule has 13 heavy (non-hydrogen) atoms. The molecule has 0 unspecified atom stereocenters. The molecule has 0 aliphatic carbocycles. The van der Waals surface area contributed by atoms with Gasteiger partial charge in [0.15, 0.2) is 0 Å². The van der Waals surface area contributed by atoms with Gasteiger partial charge in [-0.15, -0.1) is 0 Å². The van der Waals surface area contributed by atoms with Crippen molar-refractivity contribution in [2.75, 3.05) is 0 Å². The molecule has 0 saturated heterocycles. The van der Waals surface area contributed by atoms with Crippen LogP contribution in [0.4, 0.5) is 0 Å². The minimum absolute atomic E-state index is 0.0808. The molecule has 1 aromatic rings. The van der Waals surface area contributed by atoms with E-state index in [-0.39, 0.29) is 12.5 Å². The van der Waals surface area contributed by atoms with Crippen LogP contribution in [0.25, 0.3) is 0 Å². The molecule has 1 aromatic carbocycles. The summed E-state index contributed by atoms with van der Waals surface area (Å²) in [5.41, 5.74) is 5.02. The second-order valence-electron chi connectivity index (χ2n) is 3.04. The Bertz CT molecular complexity index is 272. The van der Waals surface area contributed by atoms with Crippen molar-refractivity contribution in [3.8, 4) is 0 Å². The van der Waals surface area contributed by atoms with E-state index in [1.165, 1.54) is 0 Å². The smallest absolute Gasteiger partial charge is 0.303 e. The molecule has 0 heterocycles. The van der Waals surface area contributed by atoms with E-state index >= 15 is 0 Å². The van der Waals surface area contributed by atoms with Crippen molar-refractivity contribution in [3.63, 3.8) is 0 Å². The molecule has 0 amide bonds. The first kappa shape index (κ1) is 9.74. The third-order valence-electron chi connectivity index (χ3n) is 1.98. The first-order valence-corrected chi connectivity index (χ1v) is 4.30. The Balaban J connectivity index is 2.49. The van der Waals surface area contributed by atoms with Crippen LogP contribution in [0.15, 0.2) is 30.3 Å². The van der Waals surface area contributed by atoms with Crippen LogP contribution in [0.5, 0.6) is 0 Å². The Morgan fingerprint density at radius 1 is 1.38 bits per heavy atom. The third-order valence-corrected chi connectivity index (χ3v) is 1.98.